The van der Waals surface area contributed by atoms with Gasteiger partial charge in [0.1, 0.15) is 6.29 Å². The molecule has 0 aromatic heterocycles. The molecule has 2 nitrogen and oxygen atoms in total. The second kappa shape index (κ2) is 9.74. The highest BCUT2D eigenvalue weighted by molar-refractivity contribution is 5.74. The SMILES string of the molecule is CCCCCCC(O)CCCc1ccc(C=O)cc1. The van der Waals surface area contributed by atoms with Gasteiger partial charge in [0.15, 0.2) is 0 Å². The van der Waals surface area contributed by atoms with Gasteiger partial charge in [0.25, 0.3) is 0 Å². The molecule has 1 aromatic carbocycles. The molecular formula is C17H26O2. The lowest BCUT2D eigenvalue weighted by atomic mass is 10.0. The summed E-state index contributed by atoms with van der Waals surface area (Å²) in [5.74, 6) is 0. The molecule has 0 bridgehead atoms. The monoisotopic (exact) mass is 262 g/mol. The molecule has 0 radical (unpaired) electrons. The molecule has 0 aliphatic carbocycles. The van der Waals surface area contributed by atoms with E-state index in [1.54, 1.807) is 0 Å². The molecule has 0 saturated carbocycles. The molecule has 19 heavy (non-hydrogen) atoms. The van der Waals surface area contributed by atoms with Gasteiger partial charge in [0.2, 0.25) is 0 Å². The summed E-state index contributed by atoms with van der Waals surface area (Å²) in [7, 11) is 0. The first-order valence-electron chi connectivity index (χ1n) is 7.48. The first kappa shape index (κ1) is 15.9. The van der Waals surface area contributed by atoms with Crippen LogP contribution in [0.3, 0.4) is 0 Å². The molecule has 0 amide bonds. The maximum atomic E-state index is 10.5. The third kappa shape index (κ3) is 7.12. The molecule has 1 aromatic rings. The van der Waals surface area contributed by atoms with Crippen molar-refractivity contribution in [2.75, 3.05) is 0 Å². The van der Waals surface area contributed by atoms with Crippen molar-refractivity contribution >= 4 is 6.29 Å². The van der Waals surface area contributed by atoms with Gasteiger partial charge in [-0.3, -0.25) is 4.79 Å². The van der Waals surface area contributed by atoms with Crippen molar-refractivity contribution in [3.63, 3.8) is 0 Å². The fourth-order valence-corrected chi connectivity index (χ4v) is 2.26. The Kier molecular flexibility index (Phi) is 8.15. The molecule has 1 unspecified atom stereocenters. The minimum absolute atomic E-state index is 0.147. The average molecular weight is 262 g/mol. The Morgan fingerprint density at radius 2 is 1.74 bits per heavy atom. The standard InChI is InChI=1S/C17H26O2/c1-2-3-4-5-8-17(19)9-6-7-15-10-12-16(14-18)13-11-15/h10-14,17,19H,2-9H2,1H3. The average Bonchev–Trinajstić information content (AvgIpc) is 2.44. The number of aliphatic hydroxyl groups is 1. The lowest BCUT2D eigenvalue weighted by molar-refractivity contribution is 0.112. The zero-order valence-electron chi connectivity index (χ0n) is 12.0. The predicted octanol–water partition coefficient (Wildman–Crippen LogP) is 4.15. The van der Waals surface area contributed by atoms with Crippen LogP contribution in [0.15, 0.2) is 24.3 Å². The summed E-state index contributed by atoms with van der Waals surface area (Å²) in [4.78, 5) is 10.5. The zero-order chi connectivity index (χ0) is 13.9. The summed E-state index contributed by atoms with van der Waals surface area (Å²) in [6.07, 6.45) is 9.41. The van der Waals surface area contributed by atoms with E-state index in [2.05, 4.69) is 6.92 Å². The highest BCUT2D eigenvalue weighted by atomic mass is 16.3. The summed E-state index contributed by atoms with van der Waals surface area (Å²) < 4.78 is 0. The number of unbranched alkanes of at least 4 members (excludes halogenated alkanes) is 3. The highest BCUT2D eigenvalue weighted by Gasteiger charge is 2.04. The zero-order valence-corrected chi connectivity index (χ0v) is 12.0. The van der Waals surface area contributed by atoms with Crippen LogP contribution in [0.25, 0.3) is 0 Å². The molecule has 1 atom stereocenters. The smallest absolute Gasteiger partial charge is 0.150 e. The van der Waals surface area contributed by atoms with Gasteiger partial charge in [0.05, 0.1) is 6.10 Å². The van der Waals surface area contributed by atoms with Gasteiger partial charge in [-0.15, -0.1) is 0 Å². The van der Waals surface area contributed by atoms with E-state index in [-0.39, 0.29) is 6.10 Å². The molecule has 0 aliphatic rings. The maximum Gasteiger partial charge on any atom is 0.150 e. The van der Waals surface area contributed by atoms with Crippen LogP contribution < -0.4 is 0 Å². The second-order valence-electron chi connectivity index (χ2n) is 5.25. The Labute approximate surface area is 116 Å². The van der Waals surface area contributed by atoms with Crippen molar-refractivity contribution in [2.24, 2.45) is 0 Å². The third-order valence-corrected chi connectivity index (χ3v) is 3.51. The van der Waals surface area contributed by atoms with Crippen LogP contribution in [0.1, 0.15) is 67.8 Å². The van der Waals surface area contributed by atoms with Gasteiger partial charge in [-0.2, -0.15) is 0 Å². The molecule has 1 N–H and O–H groups in total. The summed E-state index contributed by atoms with van der Waals surface area (Å²) in [6, 6.07) is 7.70. The van der Waals surface area contributed by atoms with Gasteiger partial charge in [0, 0.05) is 5.56 Å². The van der Waals surface area contributed by atoms with Crippen molar-refractivity contribution in [1.82, 2.24) is 0 Å². The molecule has 0 fully saturated rings. The molecule has 0 heterocycles. The fourth-order valence-electron chi connectivity index (χ4n) is 2.26. The molecule has 0 aliphatic heterocycles. The van der Waals surface area contributed by atoms with Crippen LogP contribution >= 0.6 is 0 Å². The Morgan fingerprint density at radius 3 is 2.37 bits per heavy atom. The topological polar surface area (TPSA) is 37.3 Å². The second-order valence-corrected chi connectivity index (χ2v) is 5.25. The van der Waals surface area contributed by atoms with Gasteiger partial charge < -0.3 is 5.11 Å². The van der Waals surface area contributed by atoms with Crippen LogP contribution in [0.2, 0.25) is 0 Å². The van der Waals surface area contributed by atoms with Gasteiger partial charge >= 0.3 is 0 Å². The number of aliphatic hydroxyl groups excluding tert-OH is 1. The third-order valence-electron chi connectivity index (χ3n) is 3.51. The number of hydrogen-bond acceptors (Lipinski definition) is 2. The van der Waals surface area contributed by atoms with Crippen LogP contribution in [0.4, 0.5) is 0 Å². The lowest BCUT2D eigenvalue weighted by Crippen LogP contribution is -2.06. The van der Waals surface area contributed by atoms with Crippen LogP contribution in [-0.4, -0.2) is 17.5 Å². The molecule has 0 spiro atoms. The summed E-state index contributed by atoms with van der Waals surface area (Å²) in [6.45, 7) is 2.20. The molecule has 106 valence electrons. The van der Waals surface area contributed by atoms with E-state index in [0.29, 0.717) is 0 Å². The van der Waals surface area contributed by atoms with Crippen LogP contribution in [0, 0.1) is 0 Å². The number of aldehydes is 1. The van der Waals surface area contributed by atoms with Gasteiger partial charge in [-0.05, 0) is 31.2 Å². The van der Waals surface area contributed by atoms with Crippen molar-refractivity contribution in [2.45, 2.75) is 64.4 Å². The summed E-state index contributed by atoms with van der Waals surface area (Å²) >= 11 is 0. The lowest BCUT2D eigenvalue weighted by Gasteiger charge is -2.10. The molecule has 2 heteroatoms. The number of aryl methyl sites for hydroxylation is 1. The van der Waals surface area contributed by atoms with Crippen molar-refractivity contribution in [3.05, 3.63) is 35.4 Å². The minimum Gasteiger partial charge on any atom is -0.393 e. The number of hydrogen-bond donors (Lipinski definition) is 1. The Bertz CT molecular complexity index is 343. The van der Waals surface area contributed by atoms with Gasteiger partial charge in [-0.25, -0.2) is 0 Å². The highest BCUT2D eigenvalue weighted by Crippen LogP contribution is 2.12. The number of benzene rings is 1. The van der Waals surface area contributed by atoms with Crippen LogP contribution in [0.5, 0.6) is 0 Å². The Balaban J connectivity index is 2.13. The van der Waals surface area contributed by atoms with Gasteiger partial charge in [-0.1, -0.05) is 56.9 Å². The minimum atomic E-state index is -0.147. The maximum absolute atomic E-state index is 10.5. The summed E-state index contributed by atoms with van der Waals surface area (Å²) in [5, 5.41) is 9.86. The van der Waals surface area contributed by atoms with E-state index in [0.717, 1.165) is 44.0 Å². The largest absolute Gasteiger partial charge is 0.393 e. The number of rotatable bonds is 10. The fraction of sp³-hybridized carbons (Fsp3) is 0.588. The van der Waals surface area contributed by atoms with Crippen molar-refractivity contribution < 1.29 is 9.90 Å². The molecular weight excluding hydrogens is 236 g/mol. The normalized spacial score (nSPS) is 12.3. The number of carbonyl (C=O) groups is 1. The van der Waals surface area contributed by atoms with E-state index in [1.165, 1.54) is 24.8 Å². The van der Waals surface area contributed by atoms with E-state index in [1.807, 2.05) is 24.3 Å². The first-order chi connectivity index (χ1) is 9.26. The van der Waals surface area contributed by atoms with E-state index < -0.39 is 0 Å². The van der Waals surface area contributed by atoms with E-state index in [4.69, 9.17) is 0 Å². The van der Waals surface area contributed by atoms with Crippen molar-refractivity contribution in [1.29, 1.82) is 0 Å². The summed E-state index contributed by atoms with van der Waals surface area (Å²) in [5.41, 5.74) is 1.96. The van der Waals surface area contributed by atoms with Crippen LogP contribution in [-0.2, 0) is 6.42 Å². The molecule has 1 rings (SSSR count). The molecule has 0 saturated heterocycles. The predicted molar refractivity (Wildman–Crippen MR) is 79.5 cm³/mol. The number of carbonyl (C=O) groups excluding carboxylic acids is 1. The first-order valence-corrected chi connectivity index (χ1v) is 7.48. The van der Waals surface area contributed by atoms with Crippen molar-refractivity contribution in [3.8, 4) is 0 Å². The van der Waals surface area contributed by atoms with E-state index in [9.17, 15) is 9.90 Å². The Morgan fingerprint density at radius 1 is 1.05 bits per heavy atom. The van der Waals surface area contributed by atoms with E-state index >= 15 is 0 Å². The Hall–Kier alpha value is -1.15. The quantitative estimate of drug-likeness (QED) is 0.508.